The molecule has 5 heteroatoms. The fourth-order valence-corrected chi connectivity index (χ4v) is 1.94. The Morgan fingerprint density at radius 1 is 1.29 bits per heavy atom. The van der Waals surface area contributed by atoms with Crippen LogP contribution >= 0.6 is 0 Å². The summed E-state index contributed by atoms with van der Waals surface area (Å²) in [5.74, 6) is -0.917. The van der Waals surface area contributed by atoms with Crippen molar-refractivity contribution in [2.24, 2.45) is 0 Å². The molecule has 3 nitrogen and oxygen atoms in total. The standard InChI is InChI=1S/C16H25F2NO2/c1-5-15(13-8-11(17)6-7-14(13)18)19-9-12(20)10-21-16(2,3)4/h6-8,12,15,19-20H,5,9-10H2,1-4H3. The Kier molecular flexibility index (Phi) is 6.71. The SMILES string of the molecule is CCC(NCC(O)COC(C)(C)C)c1cc(F)ccc1F. The molecule has 0 amide bonds. The number of aliphatic hydroxyl groups is 1. The maximum atomic E-state index is 13.7. The van der Waals surface area contributed by atoms with Gasteiger partial charge < -0.3 is 15.2 Å². The summed E-state index contributed by atoms with van der Waals surface area (Å²) in [7, 11) is 0. The topological polar surface area (TPSA) is 41.5 Å². The summed E-state index contributed by atoms with van der Waals surface area (Å²) in [5.41, 5.74) is -0.0405. The first-order valence-corrected chi connectivity index (χ1v) is 7.23. The summed E-state index contributed by atoms with van der Waals surface area (Å²) in [4.78, 5) is 0. The molecule has 0 aliphatic carbocycles. The number of halogens is 2. The van der Waals surface area contributed by atoms with E-state index in [-0.39, 0.29) is 30.4 Å². The van der Waals surface area contributed by atoms with Gasteiger partial charge in [-0.25, -0.2) is 8.78 Å². The van der Waals surface area contributed by atoms with Crippen LogP contribution in [0.2, 0.25) is 0 Å². The molecule has 0 fully saturated rings. The summed E-state index contributed by atoms with van der Waals surface area (Å²) in [6, 6.07) is 3.06. The van der Waals surface area contributed by atoms with Gasteiger partial charge in [-0.1, -0.05) is 6.92 Å². The minimum absolute atomic E-state index is 0.193. The smallest absolute Gasteiger partial charge is 0.128 e. The van der Waals surface area contributed by atoms with Crippen molar-refractivity contribution in [1.29, 1.82) is 0 Å². The van der Waals surface area contributed by atoms with Crippen molar-refractivity contribution in [2.45, 2.75) is 51.9 Å². The van der Waals surface area contributed by atoms with Gasteiger partial charge in [-0.05, 0) is 45.4 Å². The number of ether oxygens (including phenoxy) is 1. The average molecular weight is 301 g/mol. The van der Waals surface area contributed by atoms with Gasteiger partial charge in [0, 0.05) is 18.2 Å². The van der Waals surface area contributed by atoms with Crippen molar-refractivity contribution in [2.75, 3.05) is 13.2 Å². The minimum atomic E-state index is -0.699. The fourth-order valence-electron chi connectivity index (χ4n) is 1.94. The molecule has 0 bridgehead atoms. The molecule has 2 atom stereocenters. The van der Waals surface area contributed by atoms with Crippen molar-refractivity contribution >= 4 is 0 Å². The van der Waals surface area contributed by atoms with E-state index >= 15 is 0 Å². The summed E-state index contributed by atoms with van der Waals surface area (Å²) in [5, 5.41) is 12.9. The van der Waals surface area contributed by atoms with Crippen LogP contribution in [0.15, 0.2) is 18.2 Å². The average Bonchev–Trinajstić information content (AvgIpc) is 2.40. The highest BCUT2D eigenvalue weighted by molar-refractivity contribution is 5.22. The molecular weight excluding hydrogens is 276 g/mol. The highest BCUT2D eigenvalue weighted by Crippen LogP contribution is 2.21. The van der Waals surface area contributed by atoms with Crippen molar-refractivity contribution in [1.82, 2.24) is 5.32 Å². The minimum Gasteiger partial charge on any atom is -0.389 e. The number of benzene rings is 1. The zero-order valence-corrected chi connectivity index (χ0v) is 13.1. The van der Waals surface area contributed by atoms with Crippen LogP contribution in [0, 0.1) is 11.6 Å². The molecular formula is C16H25F2NO2. The predicted molar refractivity (Wildman–Crippen MR) is 79.1 cm³/mol. The number of hydrogen-bond donors (Lipinski definition) is 2. The Hall–Kier alpha value is -1.04. The molecule has 120 valence electrons. The summed E-state index contributed by atoms with van der Waals surface area (Å²) < 4.78 is 32.5. The predicted octanol–water partition coefficient (Wildman–Crippen LogP) is 3.18. The normalized spacial score (nSPS) is 15.0. The first kappa shape index (κ1) is 18.0. The first-order valence-electron chi connectivity index (χ1n) is 7.23. The Labute approximate surface area is 125 Å². The van der Waals surface area contributed by atoms with E-state index in [0.29, 0.717) is 6.42 Å². The van der Waals surface area contributed by atoms with Gasteiger partial charge in [0.2, 0.25) is 0 Å². The second-order valence-electron chi connectivity index (χ2n) is 6.11. The van der Waals surface area contributed by atoms with Gasteiger partial charge in [0.25, 0.3) is 0 Å². The van der Waals surface area contributed by atoms with Gasteiger partial charge in [0.15, 0.2) is 0 Å². The lowest BCUT2D eigenvalue weighted by molar-refractivity contribution is -0.0484. The first-order chi connectivity index (χ1) is 9.73. The second-order valence-corrected chi connectivity index (χ2v) is 6.11. The largest absolute Gasteiger partial charge is 0.389 e. The van der Waals surface area contributed by atoms with Crippen LogP contribution in [-0.2, 0) is 4.74 Å². The molecule has 0 aliphatic heterocycles. The number of nitrogens with one attached hydrogen (secondary N) is 1. The molecule has 0 saturated carbocycles. The van der Waals surface area contributed by atoms with Crippen molar-refractivity contribution in [3.63, 3.8) is 0 Å². The van der Waals surface area contributed by atoms with E-state index < -0.39 is 17.7 Å². The monoisotopic (exact) mass is 301 g/mol. The molecule has 0 spiro atoms. The summed E-state index contributed by atoms with van der Waals surface area (Å²) >= 11 is 0. The van der Waals surface area contributed by atoms with Crippen LogP contribution in [0.5, 0.6) is 0 Å². The van der Waals surface area contributed by atoms with Gasteiger partial charge in [-0.2, -0.15) is 0 Å². The highest BCUT2D eigenvalue weighted by atomic mass is 19.1. The molecule has 1 rings (SSSR count). The van der Waals surface area contributed by atoms with Crippen molar-refractivity contribution in [3.05, 3.63) is 35.4 Å². The maximum absolute atomic E-state index is 13.7. The molecule has 2 N–H and O–H groups in total. The molecule has 0 aromatic heterocycles. The molecule has 1 aromatic carbocycles. The fraction of sp³-hybridized carbons (Fsp3) is 0.625. The second kappa shape index (κ2) is 7.82. The number of hydrogen-bond acceptors (Lipinski definition) is 3. The van der Waals surface area contributed by atoms with Crippen LogP contribution in [0.1, 0.15) is 45.7 Å². The Morgan fingerprint density at radius 2 is 1.95 bits per heavy atom. The van der Waals surface area contributed by atoms with E-state index in [1.165, 1.54) is 6.07 Å². The number of rotatable bonds is 7. The molecule has 0 aliphatic rings. The Bertz CT molecular complexity index is 446. The number of aliphatic hydroxyl groups excluding tert-OH is 1. The Balaban J connectivity index is 2.56. The van der Waals surface area contributed by atoms with E-state index in [2.05, 4.69) is 5.32 Å². The molecule has 21 heavy (non-hydrogen) atoms. The van der Waals surface area contributed by atoms with Gasteiger partial charge in [0.05, 0.1) is 18.3 Å². The van der Waals surface area contributed by atoms with E-state index in [9.17, 15) is 13.9 Å². The third-order valence-electron chi connectivity index (χ3n) is 3.05. The van der Waals surface area contributed by atoms with Gasteiger partial charge >= 0.3 is 0 Å². The van der Waals surface area contributed by atoms with Gasteiger partial charge in [-0.15, -0.1) is 0 Å². The molecule has 1 aromatic rings. The van der Waals surface area contributed by atoms with Crippen LogP contribution in [0.25, 0.3) is 0 Å². The quantitative estimate of drug-likeness (QED) is 0.813. The highest BCUT2D eigenvalue weighted by Gasteiger charge is 2.18. The molecule has 0 saturated heterocycles. The van der Waals surface area contributed by atoms with Crippen molar-refractivity contribution in [3.8, 4) is 0 Å². The van der Waals surface area contributed by atoms with Crippen LogP contribution < -0.4 is 5.32 Å². The molecule has 0 heterocycles. The van der Waals surface area contributed by atoms with Gasteiger partial charge in [0.1, 0.15) is 11.6 Å². The van der Waals surface area contributed by atoms with E-state index in [1.807, 2.05) is 27.7 Å². The van der Waals surface area contributed by atoms with Crippen LogP contribution in [-0.4, -0.2) is 30.0 Å². The summed E-state index contributed by atoms with van der Waals surface area (Å²) in [6.07, 6.45) is -0.109. The van der Waals surface area contributed by atoms with E-state index in [0.717, 1.165) is 12.1 Å². The lowest BCUT2D eigenvalue weighted by Crippen LogP contribution is -2.35. The maximum Gasteiger partial charge on any atom is 0.128 e. The third-order valence-corrected chi connectivity index (χ3v) is 3.05. The molecule has 2 unspecified atom stereocenters. The van der Waals surface area contributed by atoms with Gasteiger partial charge in [-0.3, -0.25) is 0 Å². The molecule has 0 radical (unpaired) electrons. The van der Waals surface area contributed by atoms with Crippen molar-refractivity contribution < 1.29 is 18.6 Å². The van der Waals surface area contributed by atoms with E-state index in [4.69, 9.17) is 4.74 Å². The Morgan fingerprint density at radius 3 is 2.52 bits per heavy atom. The summed E-state index contributed by atoms with van der Waals surface area (Å²) in [6.45, 7) is 8.04. The van der Waals surface area contributed by atoms with Crippen LogP contribution in [0.3, 0.4) is 0 Å². The van der Waals surface area contributed by atoms with Crippen LogP contribution in [0.4, 0.5) is 8.78 Å². The zero-order valence-electron chi connectivity index (χ0n) is 13.1. The zero-order chi connectivity index (χ0) is 16.0. The third kappa shape index (κ3) is 6.50. The lowest BCUT2D eigenvalue weighted by Gasteiger charge is -2.24. The lowest BCUT2D eigenvalue weighted by atomic mass is 10.0. The van der Waals surface area contributed by atoms with E-state index in [1.54, 1.807) is 0 Å².